The maximum atomic E-state index is 5.88. The van der Waals surface area contributed by atoms with Crippen LogP contribution in [0.25, 0.3) is 0 Å². The Kier molecular flexibility index (Phi) is 2.59. The summed E-state index contributed by atoms with van der Waals surface area (Å²) >= 11 is 11.4. The third-order valence-electron chi connectivity index (χ3n) is 1.52. The summed E-state index contributed by atoms with van der Waals surface area (Å²) in [7, 11) is 0. The molecule has 1 heterocycles. The molecule has 0 atom stereocenters. The highest BCUT2D eigenvalue weighted by molar-refractivity contribution is 6.32. The predicted molar refractivity (Wildman–Crippen MR) is 50.8 cm³/mol. The van der Waals surface area contributed by atoms with Gasteiger partial charge in [0.1, 0.15) is 5.15 Å². The van der Waals surface area contributed by atoms with Crippen LogP contribution in [-0.2, 0) is 5.41 Å². The lowest BCUT2D eigenvalue weighted by molar-refractivity contribution is 0.584. The Balaban J connectivity index is 3.19. The second-order valence-corrected chi connectivity index (χ2v) is 4.29. The fourth-order valence-electron chi connectivity index (χ4n) is 0.844. The molecular formula is C8H10Cl2N2. The quantitative estimate of drug-likeness (QED) is 0.480. The molecule has 0 saturated heterocycles. The van der Waals surface area contributed by atoms with Crippen LogP contribution in [0.5, 0.6) is 0 Å². The molecule has 0 saturated carbocycles. The summed E-state index contributed by atoms with van der Waals surface area (Å²) in [5.41, 5.74) is 0.871. The van der Waals surface area contributed by atoms with Gasteiger partial charge in [-0.15, -0.1) is 0 Å². The first-order valence-corrected chi connectivity index (χ1v) is 4.35. The minimum absolute atomic E-state index is 0.0400. The summed E-state index contributed by atoms with van der Waals surface area (Å²) in [6.07, 6.45) is 1.66. The van der Waals surface area contributed by atoms with Gasteiger partial charge in [-0.25, -0.2) is 9.97 Å². The van der Waals surface area contributed by atoms with E-state index in [9.17, 15) is 0 Å². The Bertz CT molecular complexity index is 292. The average Bonchev–Trinajstić information content (AvgIpc) is 1.83. The molecule has 0 bridgehead atoms. The van der Waals surface area contributed by atoms with E-state index in [1.807, 2.05) is 20.8 Å². The van der Waals surface area contributed by atoms with Gasteiger partial charge in [0.05, 0.1) is 0 Å². The molecule has 1 aromatic heterocycles. The lowest BCUT2D eigenvalue weighted by atomic mass is 9.89. The number of rotatable bonds is 0. The molecule has 1 rings (SSSR count). The lowest BCUT2D eigenvalue weighted by Gasteiger charge is -2.18. The van der Waals surface area contributed by atoms with E-state index in [2.05, 4.69) is 9.97 Å². The summed E-state index contributed by atoms with van der Waals surface area (Å²) in [6, 6.07) is 0. The summed E-state index contributed by atoms with van der Waals surface area (Å²) in [5.74, 6) is 0. The molecule has 0 aliphatic heterocycles. The highest BCUT2D eigenvalue weighted by Crippen LogP contribution is 2.27. The summed E-state index contributed by atoms with van der Waals surface area (Å²) in [6.45, 7) is 6.14. The molecule has 2 nitrogen and oxygen atoms in total. The van der Waals surface area contributed by atoms with Crippen molar-refractivity contribution in [1.29, 1.82) is 0 Å². The molecule has 0 fully saturated rings. The smallest absolute Gasteiger partial charge is 0.223 e. The molecule has 4 heteroatoms. The maximum Gasteiger partial charge on any atom is 0.223 e. The molecule has 0 aromatic carbocycles. The van der Waals surface area contributed by atoms with Crippen LogP contribution in [-0.4, -0.2) is 9.97 Å². The van der Waals surface area contributed by atoms with Gasteiger partial charge in [0.2, 0.25) is 5.28 Å². The topological polar surface area (TPSA) is 25.8 Å². The normalized spacial score (nSPS) is 11.8. The average molecular weight is 205 g/mol. The van der Waals surface area contributed by atoms with Gasteiger partial charge in [0.15, 0.2) is 0 Å². The van der Waals surface area contributed by atoms with E-state index in [0.717, 1.165) is 5.56 Å². The van der Waals surface area contributed by atoms with Crippen molar-refractivity contribution in [1.82, 2.24) is 9.97 Å². The van der Waals surface area contributed by atoms with Crippen molar-refractivity contribution in [2.45, 2.75) is 26.2 Å². The molecular weight excluding hydrogens is 195 g/mol. The molecule has 0 aliphatic rings. The molecule has 0 unspecified atom stereocenters. The second kappa shape index (κ2) is 3.19. The Morgan fingerprint density at radius 3 is 2.25 bits per heavy atom. The van der Waals surface area contributed by atoms with Crippen LogP contribution in [0.1, 0.15) is 26.3 Å². The number of halogens is 2. The monoisotopic (exact) mass is 204 g/mol. The van der Waals surface area contributed by atoms with E-state index in [0.29, 0.717) is 5.15 Å². The fourth-order valence-corrected chi connectivity index (χ4v) is 1.43. The first-order chi connectivity index (χ1) is 5.41. The van der Waals surface area contributed by atoms with Crippen LogP contribution in [0.2, 0.25) is 10.4 Å². The van der Waals surface area contributed by atoms with Crippen LogP contribution in [0.3, 0.4) is 0 Å². The van der Waals surface area contributed by atoms with Crippen molar-refractivity contribution in [2.75, 3.05) is 0 Å². The molecule has 0 radical (unpaired) electrons. The third kappa shape index (κ3) is 2.08. The third-order valence-corrected chi connectivity index (χ3v) is 1.99. The molecule has 0 aliphatic carbocycles. The van der Waals surface area contributed by atoms with Gasteiger partial charge in [-0.1, -0.05) is 32.4 Å². The standard InChI is InChI=1S/C8H10Cl2N2/c1-8(2,3)5-4-11-7(10)12-6(5)9/h4H,1-3H3. The lowest BCUT2D eigenvalue weighted by Crippen LogP contribution is -2.13. The van der Waals surface area contributed by atoms with Gasteiger partial charge in [0.25, 0.3) is 0 Å². The van der Waals surface area contributed by atoms with E-state index >= 15 is 0 Å². The largest absolute Gasteiger partial charge is 0.226 e. The van der Waals surface area contributed by atoms with Crippen molar-refractivity contribution in [3.05, 3.63) is 22.2 Å². The minimum Gasteiger partial charge on any atom is -0.226 e. The molecule has 12 heavy (non-hydrogen) atoms. The van der Waals surface area contributed by atoms with Crippen LogP contribution in [0, 0.1) is 0 Å². The Morgan fingerprint density at radius 1 is 1.25 bits per heavy atom. The van der Waals surface area contributed by atoms with Crippen molar-refractivity contribution in [2.24, 2.45) is 0 Å². The van der Waals surface area contributed by atoms with Crippen molar-refractivity contribution >= 4 is 23.2 Å². The first kappa shape index (κ1) is 9.75. The highest BCUT2D eigenvalue weighted by Gasteiger charge is 2.18. The Morgan fingerprint density at radius 2 is 1.83 bits per heavy atom. The summed E-state index contributed by atoms with van der Waals surface area (Å²) in [4.78, 5) is 7.74. The number of nitrogens with zero attached hydrogens (tertiary/aromatic N) is 2. The van der Waals surface area contributed by atoms with Gasteiger partial charge < -0.3 is 0 Å². The summed E-state index contributed by atoms with van der Waals surface area (Å²) in [5, 5.41) is 0.621. The van der Waals surface area contributed by atoms with Gasteiger partial charge in [0, 0.05) is 11.8 Å². The molecule has 66 valence electrons. The fraction of sp³-hybridized carbons (Fsp3) is 0.500. The van der Waals surface area contributed by atoms with Crippen molar-refractivity contribution in [3.63, 3.8) is 0 Å². The molecule has 0 amide bonds. The zero-order valence-electron chi connectivity index (χ0n) is 7.23. The van der Waals surface area contributed by atoms with Gasteiger partial charge in [-0.05, 0) is 17.0 Å². The molecule has 0 spiro atoms. The summed E-state index contributed by atoms with van der Waals surface area (Å²) < 4.78 is 0. The van der Waals surface area contributed by atoms with E-state index in [1.165, 1.54) is 0 Å². The highest BCUT2D eigenvalue weighted by atomic mass is 35.5. The van der Waals surface area contributed by atoms with Gasteiger partial charge in [-0.2, -0.15) is 0 Å². The minimum atomic E-state index is -0.0400. The van der Waals surface area contributed by atoms with Gasteiger partial charge in [-0.3, -0.25) is 0 Å². The zero-order chi connectivity index (χ0) is 9.35. The number of aromatic nitrogens is 2. The zero-order valence-corrected chi connectivity index (χ0v) is 8.74. The van der Waals surface area contributed by atoms with Crippen LogP contribution in [0.4, 0.5) is 0 Å². The van der Waals surface area contributed by atoms with Crippen molar-refractivity contribution in [3.8, 4) is 0 Å². The number of hydrogen-bond acceptors (Lipinski definition) is 2. The molecule has 1 aromatic rings. The number of hydrogen-bond donors (Lipinski definition) is 0. The Labute approximate surface area is 81.9 Å². The predicted octanol–water partition coefficient (Wildman–Crippen LogP) is 3.08. The second-order valence-electron chi connectivity index (χ2n) is 3.59. The van der Waals surface area contributed by atoms with Crippen molar-refractivity contribution < 1.29 is 0 Å². The van der Waals surface area contributed by atoms with E-state index in [-0.39, 0.29) is 10.7 Å². The van der Waals surface area contributed by atoms with E-state index < -0.39 is 0 Å². The maximum absolute atomic E-state index is 5.88. The van der Waals surface area contributed by atoms with Gasteiger partial charge >= 0.3 is 0 Å². The van der Waals surface area contributed by atoms with Crippen LogP contribution < -0.4 is 0 Å². The van der Waals surface area contributed by atoms with Crippen LogP contribution in [0.15, 0.2) is 6.20 Å². The van der Waals surface area contributed by atoms with E-state index in [4.69, 9.17) is 23.2 Å². The SMILES string of the molecule is CC(C)(C)c1cnc(Cl)nc1Cl. The van der Waals surface area contributed by atoms with Crippen LogP contribution >= 0.6 is 23.2 Å². The Hall–Kier alpha value is -0.340. The van der Waals surface area contributed by atoms with E-state index in [1.54, 1.807) is 6.20 Å². The first-order valence-electron chi connectivity index (χ1n) is 3.60. The molecule has 0 N–H and O–H groups in total.